The largest absolute Gasteiger partial charge is 0.634 e. The molecule has 0 saturated carbocycles. The van der Waals surface area contributed by atoms with Gasteiger partial charge in [0, 0.05) is 0 Å². The normalized spacial score (nSPS) is 18.8. The number of hydrogen-bond donors (Lipinski definition) is 3. The third-order valence-corrected chi connectivity index (χ3v) is 1.87. The maximum absolute atomic E-state index is 11.1. The monoisotopic (exact) mass is 177 g/mol. The minimum absolute atomic E-state index is 0.0568. The molecule has 0 aromatic carbocycles. The number of quaternary nitrogens is 1. The number of rotatable bonds is 6. The highest BCUT2D eigenvalue weighted by Gasteiger charge is 2.09. The average Bonchev–Trinajstić information content (AvgIpc) is 2.03. The van der Waals surface area contributed by atoms with Crippen LogP contribution in [0.5, 0.6) is 0 Å². The maximum Gasteiger partial charge on any atom is 0.103 e. The lowest BCUT2D eigenvalue weighted by Crippen LogP contribution is -3.09. The molecule has 0 aliphatic carbocycles. The molecule has 0 fully saturated rings. The van der Waals surface area contributed by atoms with Crippen molar-refractivity contribution in [2.24, 2.45) is 0 Å². The second-order valence-electron chi connectivity index (χ2n) is 3.07. The van der Waals surface area contributed by atoms with Gasteiger partial charge in [0.15, 0.2) is 0 Å². The van der Waals surface area contributed by atoms with E-state index in [4.69, 9.17) is 10.2 Å². The van der Waals surface area contributed by atoms with Crippen molar-refractivity contribution >= 4 is 0 Å². The zero-order valence-electron chi connectivity index (χ0n) is 7.79. The molecule has 0 heterocycles. The van der Waals surface area contributed by atoms with Gasteiger partial charge in [-0.05, 0) is 12.8 Å². The summed E-state index contributed by atoms with van der Waals surface area (Å²) >= 11 is 0. The van der Waals surface area contributed by atoms with Crippen LogP contribution in [0.15, 0.2) is 0 Å². The number of aliphatic hydroxyl groups excluding tert-OH is 2. The molecule has 0 bridgehead atoms. The molecule has 0 radical (unpaired) electrons. The van der Waals surface area contributed by atoms with Crippen LogP contribution < -0.4 is 5.06 Å². The summed E-state index contributed by atoms with van der Waals surface area (Å²) in [5.41, 5.74) is 0. The highest BCUT2D eigenvalue weighted by Crippen LogP contribution is 1.86. The van der Waals surface area contributed by atoms with Gasteiger partial charge in [-0.2, -0.15) is 0 Å². The first-order chi connectivity index (χ1) is 5.60. The molecule has 0 aliphatic heterocycles. The van der Waals surface area contributed by atoms with Crippen molar-refractivity contribution in [2.75, 3.05) is 13.1 Å². The number of nitrogens with one attached hydrogen (secondary N) is 1. The maximum atomic E-state index is 11.1. The summed E-state index contributed by atoms with van der Waals surface area (Å²) in [6.45, 7) is 4.00. The quantitative estimate of drug-likeness (QED) is 0.452. The molecule has 74 valence electrons. The van der Waals surface area contributed by atoms with Crippen molar-refractivity contribution in [3.63, 3.8) is 0 Å². The van der Waals surface area contributed by atoms with Gasteiger partial charge in [-0.1, -0.05) is 13.8 Å². The standard InChI is InChI=1S/C8H19NO3/c1-3-7(10)5-9(12)6-8(11)4-2/h7-11H,3-6H2,1-2H3. The van der Waals surface area contributed by atoms with Crippen molar-refractivity contribution in [3.8, 4) is 0 Å². The van der Waals surface area contributed by atoms with Crippen LogP contribution in [0.2, 0.25) is 0 Å². The molecular weight excluding hydrogens is 158 g/mol. The molecule has 2 unspecified atom stereocenters. The Bertz CT molecular complexity index is 98.5. The van der Waals surface area contributed by atoms with E-state index in [0.717, 1.165) is 0 Å². The van der Waals surface area contributed by atoms with E-state index in [1.54, 1.807) is 0 Å². The molecule has 0 spiro atoms. The van der Waals surface area contributed by atoms with Gasteiger partial charge in [0.25, 0.3) is 0 Å². The van der Waals surface area contributed by atoms with Crippen molar-refractivity contribution in [2.45, 2.75) is 38.9 Å². The Kier molecular flexibility index (Phi) is 6.28. The van der Waals surface area contributed by atoms with E-state index in [0.29, 0.717) is 12.8 Å². The fourth-order valence-electron chi connectivity index (χ4n) is 0.898. The van der Waals surface area contributed by atoms with Gasteiger partial charge in [0.1, 0.15) is 25.3 Å². The Morgan fingerprint density at radius 1 is 1.08 bits per heavy atom. The Hall–Kier alpha value is -0.160. The van der Waals surface area contributed by atoms with Gasteiger partial charge in [-0.25, -0.2) is 0 Å². The zero-order chi connectivity index (χ0) is 9.56. The van der Waals surface area contributed by atoms with Gasteiger partial charge in [0.2, 0.25) is 0 Å². The summed E-state index contributed by atoms with van der Waals surface area (Å²) < 4.78 is 0. The van der Waals surface area contributed by atoms with Crippen LogP contribution in [0.1, 0.15) is 26.7 Å². The van der Waals surface area contributed by atoms with Crippen LogP contribution in [0.3, 0.4) is 0 Å². The topological polar surface area (TPSA) is 68.0 Å². The summed E-state index contributed by atoms with van der Waals surface area (Å²) in [5.74, 6) is 0. The SMILES string of the molecule is CCC(O)C[NH+]([O-])CC(O)CC. The highest BCUT2D eigenvalue weighted by molar-refractivity contribution is 4.51. The molecule has 4 heteroatoms. The van der Waals surface area contributed by atoms with Crippen LogP contribution in [-0.2, 0) is 0 Å². The average molecular weight is 177 g/mol. The molecule has 12 heavy (non-hydrogen) atoms. The smallest absolute Gasteiger partial charge is 0.103 e. The van der Waals surface area contributed by atoms with Crippen molar-refractivity contribution in [3.05, 3.63) is 5.21 Å². The Morgan fingerprint density at radius 2 is 1.42 bits per heavy atom. The fraction of sp³-hybridized carbons (Fsp3) is 1.00. The molecule has 0 aromatic heterocycles. The highest BCUT2D eigenvalue weighted by atomic mass is 16.5. The summed E-state index contributed by atoms with van der Waals surface area (Å²) in [6, 6.07) is 0. The summed E-state index contributed by atoms with van der Waals surface area (Å²) in [5, 5.41) is 29.2. The van der Waals surface area contributed by atoms with E-state index < -0.39 is 12.2 Å². The number of hydroxylamine groups is 2. The molecule has 3 N–H and O–H groups in total. The van der Waals surface area contributed by atoms with E-state index in [2.05, 4.69) is 0 Å². The van der Waals surface area contributed by atoms with E-state index in [-0.39, 0.29) is 18.2 Å². The van der Waals surface area contributed by atoms with E-state index >= 15 is 0 Å². The summed E-state index contributed by atoms with van der Waals surface area (Å²) in [4.78, 5) is 0. The van der Waals surface area contributed by atoms with Gasteiger partial charge in [-0.3, -0.25) is 0 Å². The zero-order valence-corrected chi connectivity index (χ0v) is 7.79. The van der Waals surface area contributed by atoms with Crippen LogP contribution in [0.25, 0.3) is 0 Å². The van der Waals surface area contributed by atoms with Gasteiger partial charge < -0.3 is 20.5 Å². The molecule has 0 saturated heterocycles. The molecule has 0 aromatic rings. The third-order valence-electron chi connectivity index (χ3n) is 1.87. The predicted molar refractivity (Wildman–Crippen MR) is 46.7 cm³/mol. The molecule has 0 aliphatic rings. The Balaban J connectivity index is 3.51. The molecule has 2 atom stereocenters. The minimum Gasteiger partial charge on any atom is -0.634 e. The van der Waals surface area contributed by atoms with Gasteiger partial charge in [-0.15, -0.1) is 0 Å². The number of aliphatic hydroxyl groups is 2. The lowest BCUT2D eigenvalue weighted by Gasteiger charge is -2.26. The Labute approximate surface area is 73.4 Å². The van der Waals surface area contributed by atoms with Crippen molar-refractivity contribution in [1.82, 2.24) is 0 Å². The van der Waals surface area contributed by atoms with Crippen molar-refractivity contribution < 1.29 is 15.3 Å². The first-order valence-electron chi connectivity index (χ1n) is 4.47. The van der Waals surface area contributed by atoms with Gasteiger partial charge in [0.05, 0.1) is 0 Å². The predicted octanol–water partition coefficient (Wildman–Crippen LogP) is -1.09. The molecule has 0 rings (SSSR count). The third kappa shape index (κ3) is 5.49. The van der Waals surface area contributed by atoms with E-state index in [1.807, 2.05) is 13.8 Å². The van der Waals surface area contributed by atoms with Crippen LogP contribution in [0, 0.1) is 5.21 Å². The number of hydrogen-bond acceptors (Lipinski definition) is 3. The van der Waals surface area contributed by atoms with Crippen LogP contribution in [-0.4, -0.2) is 35.5 Å². The Morgan fingerprint density at radius 3 is 1.67 bits per heavy atom. The molecule has 4 nitrogen and oxygen atoms in total. The lowest BCUT2D eigenvalue weighted by atomic mass is 10.2. The molecule has 0 amide bonds. The summed E-state index contributed by atoms with van der Waals surface area (Å²) in [7, 11) is 0. The second kappa shape index (κ2) is 6.37. The second-order valence-corrected chi connectivity index (χ2v) is 3.07. The van der Waals surface area contributed by atoms with Crippen molar-refractivity contribution in [1.29, 1.82) is 0 Å². The van der Waals surface area contributed by atoms with Crippen LogP contribution in [0.4, 0.5) is 0 Å². The first-order valence-corrected chi connectivity index (χ1v) is 4.47. The fourth-order valence-corrected chi connectivity index (χ4v) is 0.898. The first kappa shape index (κ1) is 11.8. The molecular formula is C8H19NO3. The van der Waals surface area contributed by atoms with Crippen LogP contribution >= 0.6 is 0 Å². The minimum atomic E-state index is -0.540. The lowest BCUT2D eigenvalue weighted by molar-refractivity contribution is -0.855. The van der Waals surface area contributed by atoms with Gasteiger partial charge >= 0.3 is 0 Å². The summed E-state index contributed by atoms with van der Waals surface area (Å²) in [6.07, 6.45) is 0.102. The van der Waals surface area contributed by atoms with E-state index in [1.165, 1.54) is 0 Å². The van der Waals surface area contributed by atoms with E-state index in [9.17, 15) is 5.21 Å².